The average molecular weight is 574 g/mol. The van der Waals surface area contributed by atoms with Gasteiger partial charge in [0, 0.05) is 10.4 Å². The Kier molecular flexibility index (Phi) is 7.42. The molecule has 2 fully saturated rings. The summed E-state index contributed by atoms with van der Waals surface area (Å²) in [4.78, 5) is 2.63. The topological polar surface area (TPSA) is 50.4 Å². The third-order valence-corrected chi connectivity index (χ3v) is 14.7. The van der Waals surface area contributed by atoms with Crippen LogP contribution in [0, 0.1) is 0 Å². The molecule has 3 heterocycles. The predicted molar refractivity (Wildman–Crippen MR) is 166 cm³/mol. The molecule has 7 heteroatoms. The summed E-state index contributed by atoms with van der Waals surface area (Å²) >= 11 is 6.75. The number of nitrogens with one attached hydrogen (secondary N) is 1. The number of rotatable bonds is 6. The zero-order valence-electron chi connectivity index (χ0n) is 24.0. The molecule has 2 aliphatic heterocycles. The number of benzene rings is 3. The summed E-state index contributed by atoms with van der Waals surface area (Å²) in [6.07, 6.45) is 3.92. The van der Waals surface area contributed by atoms with E-state index < -0.39 is 8.32 Å². The molecule has 2 atom stereocenters. The van der Waals surface area contributed by atoms with Crippen LogP contribution >= 0.6 is 11.6 Å². The highest BCUT2D eigenvalue weighted by molar-refractivity contribution is 6.99. The molecule has 0 saturated carbocycles. The highest BCUT2D eigenvalue weighted by Crippen LogP contribution is 2.43. The standard InChI is InChI=1S/C33H40ClN3O2Si/c1-32(2,3)40(26-11-7-5-8-12-26,27-13-9-6-10-14-27)39-31-22-38-23-33(31,4)37-17-15-24(16-18-37)28-20-30-25(19-29(28)34)21-35-36-30/h5-14,19-21,24,31H,15-18,22-23H2,1-4H3,(H,35,36)/t31-,33+/m0/s1. The fourth-order valence-electron chi connectivity index (χ4n) is 7.00. The Balaban J connectivity index is 1.29. The van der Waals surface area contributed by atoms with E-state index in [0.29, 0.717) is 19.1 Å². The molecule has 0 spiro atoms. The van der Waals surface area contributed by atoms with Gasteiger partial charge < -0.3 is 9.16 Å². The van der Waals surface area contributed by atoms with Crippen LogP contribution in [-0.4, -0.2) is 61.4 Å². The second-order valence-corrected chi connectivity index (χ2v) is 17.4. The molecular formula is C33H40ClN3O2Si. The highest BCUT2D eigenvalue weighted by atomic mass is 35.5. The van der Waals surface area contributed by atoms with Gasteiger partial charge in [-0.25, -0.2) is 0 Å². The summed E-state index contributed by atoms with van der Waals surface area (Å²) in [5.41, 5.74) is 2.08. The maximum atomic E-state index is 7.61. The van der Waals surface area contributed by atoms with E-state index in [1.807, 2.05) is 12.3 Å². The molecule has 2 saturated heterocycles. The van der Waals surface area contributed by atoms with Crippen molar-refractivity contribution in [2.24, 2.45) is 0 Å². The molecule has 1 aromatic heterocycles. The van der Waals surface area contributed by atoms with Crippen LogP contribution in [0.3, 0.4) is 0 Å². The smallest absolute Gasteiger partial charge is 0.261 e. The van der Waals surface area contributed by atoms with Crippen molar-refractivity contribution in [3.63, 3.8) is 0 Å². The lowest BCUT2D eigenvalue weighted by atomic mass is 9.85. The third kappa shape index (κ3) is 4.74. The average Bonchev–Trinajstić information content (AvgIpc) is 3.57. The van der Waals surface area contributed by atoms with Gasteiger partial charge in [0.25, 0.3) is 8.32 Å². The second kappa shape index (κ2) is 10.7. The summed E-state index contributed by atoms with van der Waals surface area (Å²) in [6.45, 7) is 12.7. The predicted octanol–water partition coefficient (Wildman–Crippen LogP) is 6.13. The molecule has 2 aliphatic rings. The number of hydrogen-bond acceptors (Lipinski definition) is 4. The summed E-state index contributed by atoms with van der Waals surface area (Å²) in [7, 11) is -2.69. The van der Waals surface area contributed by atoms with Crippen LogP contribution in [0.5, 0.6) is 0 Å². The van der Waals surface area contributed by atoms with Crippen LogP contribution in [0.25, 0.3) is 10.9 Å². The van der Waals surface area contributed by atoms with Gasteiger partial charge in [-0.1, -0.05) is 93.0 Å². The van der Waals surface area contributed by atoms with E-state index in [1.165, 1.54) is 15.9 Å². The first-order valence-corrected chi connectivity index (χ1v) is 16.8. The fraction of sp³-hybridized carbons (Fsp3) is 0.424. The number of aromatic nitrogens is 2. The monoisotopic (exact) mass is 573 g/mol. The van der Waals surface area contributed by atoms with Gasteiger partial charge in [0.05, 0.1) is 36.6 Å². The zero-order valence-corrected chi connectivity index (χ0v) is 25.7. The van der Waals surface area contributed by atoms with Crippen LogP contribution in [0.1, 0.15) is 52.0 Å². The minimum Gasteiger partial charge on any atom is -0.400 e. The van der Waals surface area contributed by atoms with Gasteiger partial charge in [-0.15, -0.1) is 0 Å². The normalized spacial score (nSPS) is 23.2. The molecule has 0 amide bonds. The van der Waals surface area contributed by atoms with E-state index in [0.717, 1.165) is 41.9 Å². The van der Waals surface area contributed by atoms with E-state index in [4.69, 9.17) is 20.8 Å². The van der Waals surface area contributed by atoms with Crippen LogP contribution in [0.15, 0.2) is 79.0 Å². The number of ether oxygens (including phenoxy) is 1. The molecule has 0 aliphatic carbocycles. The van der Waals surface area contributed by atoms with E-state index in [9.17, 15) is 0 Å². The van der Waals surface area contributed by atoms with Crippen molar-refractivity contribution < 1.29 is 9.16 Å². The van der Waals surface area contributed by atoms with Crippen molar-refractivity contribution >= 4 is 41.2 Å². The number of nitrogens with zero attached hydrogens (tertiary/aromatic N) is 2. The van der Waals surface area contributed by atoms with Gasteiger partial charge in [0.1, 0.15) is 0 Å². The number of aromatic amines is 1. The van der Waals surface area contributed by atoms with Gasteiger partial charge in [-0.2, -0.15) is 5.10 Å². The summed E-state index contributed by atoms with van der Waals surface area (Å²) in [6, 6.07) is 26.1. The van der Waals surface area contributed by atoms with Crippen molar-refractivity contribution in [2.75, 3.05) is 26.3 Å². The number of halogens is 1. The first kappa shape index (κ1) is 27.7. The number of likely N-dealkylation sites (tertiary alicyclic amines) is 1. The minimum atomic E-state index is -2.69. The lowest BCUT2D eigenvalue weighted by Gasteiger charge is -2.50. The highest BCUT2D eigenvalue weighted by Gasteiger charge is 2.56. The van der Waals surface area contributed by atoms with E-state index in [1.54, 1.807) is 0 Å². The molecule has 0 bridgehead atoms. The zero-order chi connectivity index (χ0) is 28.0. The minimum absolute atomic E-state index is 0.0275. The first-order valence-electron chi connectivity index (χ1n) is 14.5. The van der Waals surface area contributed by atoms with Crippen molar-refractivity contribution in [2.45, 2.75) is 63.1 Å². The number of H-pyrrole nitrogens is 1. The Morgan fingerprint density at radius 1 is 1.00 bits per heavy atom. The summed E-state index contributed by atoms with van der Waals surface area (Å²) < 4.78 is 13.9. The lowest BCUT2D eigenvalue weighted by molar-refractivity contribution is 0.00483. The van der Waals surface area contributed by atoms with Gasteiger partial charge >= 0.3 is 0 Å². The Labute approximate surface area is 244 Å². The number of hydrogen-bond donors (Lipinski definition) is 1. The maximum Gasteiger partial charge on any atom is 0.261 e. The molecular weight excluding hydrogens is 534 g/mol. The third-order valence-electron chi connectivity index (χ3n) is 9.31. The SMILES string of the molecule is CC(C)(C)[Si](O[C@H]1COC[C@@]1(C)N1CCC(c2cc3[nH]ncc3cc2Cl)CC1)(c1ccccc1)c1ccccc1. The Bertz CT molecular complexity index is 1410. The summed E-state index contributed by atoms with van der Waals surface area (Å²) in [5.74, 6) is 0.429. The van der Waals surface area contributed by atoms with Crippen molar-refractivity contribution in [3.8, 4) is 0 Å². The molecule has 210 valence electrons. The van der Waals surface area contributed by atoms with Crippen LogP contribution < -0.4 is 10.4 Å². The largest absolute Gasteiger partial charge is 0.400 e. The molecule has 40 heavy (non-hydrogen) atoms. The lowest BCUT2D eigenvalue weighted by Crippen LogP contribution is -2.70. The molecule has 1 N–H and O–H groups in total. The molecule has 5 nitrogen and oxygen atoms in total. The first-order chi connectivity index (χ1) is 19.2. The molecule has 0 radical (unpaired) electrons. The number of piperidine rings is 1. The van der Waals surface area contributed by atoms with E-state index in [-0.39, 0.29) is 16.7 Å². The quantitative estimate of drug-likeness (QED) is 0.282. The summed E-state index contributed by atoms with van der Waals surface area (Å²) in [5, 5.41) is 11.7. The molecule has 0 unspecified atom stereocenters. The van der Waals surface area contributed by atoms with Crippen molar-refractivity contribution in [1.82, 2.24) is 15.1 Å². The van der Waals surface area contributed by atoms with Crippen LogP contribution in [0.4, 0.5) is 0 Å². The number of fused-ring (bicyclic) bond motifs is 1. The molecule has 6 rings (SSSR count). The van der Waals surface area contributed by atoms with E-state index in [2.05, 4.69) is 110 Å². The van der Waals surface area contributed by atoms with Crippen LogP contribution in [-0.2, 0) is 9.16 Å². The van der Waals surface area contributed by atoms with Crippen molar-refractivity contribution in [3.05, 3.63) is 89.6 Å². The van der Waals surface area contributed by atoms with Gasteiger partial charge in [-0.05, 0) is 71.9 Å². The van der Waals surface area contributed by atoms with Crippen LogP contribution in [0.2, 0.25) is 10.1 Å². The molecule has 4 aromatic rings. The van der Waals surface area contributed by atoms with E-state index >= 15 is 0 Å². The van der Waals surface area contributed by atoms with Gasteiger partial charge in [-0.3, -0.25) is 10.00 Å². The Hall–Kier alpha value is -2.48. The Morgan fingerprint density at radius 3 is 2.23 bits per heavy atom. The maximum absolute atomic E-state index is 7.61. The van der Waals surface area contributed by atoms with Gasteiger partial charge in [0.15, 0.2) is 0 Å². The molecule has 3 aromatic carbocycles. The van der Waals surface area contributed by atoms with Gasteiger partial charge in [0.2, 0.25) is 0 Å². The Morgan fingerprint density at radius 2 is 1.62 bits per heavy atom. The fourth-order valence-corrected chi connectivity index (χ4v) is 12.1. The second-order valence-electron chi connectivity index (χ2n) is 12.7. The van der Waals surface area contributed by atoms with Crippen molar-refractivity contribution in [1.29, 1.82) is 0 Å².